The lowest BCUT2D eigenvalue weighted by molar-refractivity contribution is -0.136. The molecule has 102 valence electrons. The fourth-order valence-electron chi connectivity index (χ4n) is 1.88. The smallest absolute Gasteiger partial charge is 0.305 e. The quantitative estimate of drug-likeness (QED) is 0.671. The molecule has 1 aromatic carbocycles. The highest BCUT2D eigenvalue weighted by atomic mass is 32.1. The third kappa shape index (κ3) is 2.62. The number of benzene rings is 1. The Bertz CT molecular complexity index is 736. The van der Waals surface area contributed by atoms with Gasteiger partial charge in [-0.15, -0.1) is 11.3 Å². The monoisotopic (exact) mass is 288 g/mol. The first-order chi connectivity index (χ1) is 9.72. The van der Waals surface area contributed by atoms with Gasteiger partial charge in [0.1, 0.15) is 5.01 Å². The van der Waals surface area contributed by atoms with E-state index in [0.29, 0.717) is 12.5 Å². The Morgan fingerprint density at radius 1 is 1.45 bits per heavy atom. The van der Waals surface area contributed by atoms with Crippen molar-refractivity contribution in [2.45, 2.75) is 6.42 Å². The maximum atomic E-state index is 10.5. The van der Waals surface area contributed by atoms with Crippen LogP contribution in [0.1, 0.15) is 6.42 Å². The van der Waals surface area contributed by atoms with E-state index in [1.807, 2.05) is 23.6 Å². The zero-order valence-electron chi connectivity index (χ0n) is 10.5. The highest BCUT2D eigenvalue weighted by Gasteiger charge is 2.06. The van der Waals surface area contributed by atoms with Gasteiger partial charge >= 0.3 is 5.97 Å². The number of H-pyrrole nitrogens is 1. The molecule has 2 aromatic heterocycles. The Hall–Kier alpha value is -2.41. The van der Waals surface area contributed by atoms with Gasteiger partial charge in [-0.1, -0.05) is 0 Å². The molecule has 0 saturated carbocycles. The number of aromatic amines is 1. The largest absolute Gasteiger partial charge is 0.481 e. The van der Waals surface area contributed by atoms with E-state index >= 15 is 0 Å². The summed E-state index contributed by atoms with van der Waals surface area (Å²) in [5.41, 5.74) is 2.77. The number of imidazole rings is 1. The second kappa shape index (κ2) is 5.30. The molecule has 3 rings (SSSR count). The Balaban J connectivity index is 1.82. The third-order valence-corrected chi connectivity index (χ3v) is 3.61. The topological polar surface area (TPSA) is 90.9 Å². The van der Waals surface area contributed by atoms with Crippen LogP contribution >= 0.6 is 11.3 Å². The fraction of sp³-hybridized carbons (Fsp3) is 0.154. The fourth-order valence-corrected chi connectivity index (χ4v) is 2.52. The lowest BCUT2D eigenvalue weighted by Gasteiger charge is -1.98. The molecule has 6 nitrogen and oxygen atoms in total. The average Bonchev–Trinajstić information content (AvgIpc) is 3.06. The number of carbonyl (C=O) groups is 1. The van der Waals surface area contributed by atoms with Crippen molar-refractivity contribution < 1.29 is 9.90 Å². The summed E-state index contributed by atoms with van der Waals surface area (Å²) in [5, 5.41) is 14.5. The van der Waals surface area contributed by atoms with Gasteiger partial charge < -0.3 is 15.4 Å². The third-order valence-electron chi connectivity index (χ3n) is 2.79. The van der Waals surface area contributed by atoms with Crippen LogP contribution in [0.25, 0.3) is 21.6 Å². The molecular weight excluding hydrogens is 276 g/mol. The maximum Gasteiger partial charge on any atom is 0.305 e. The number of fused-ring (bicyclic) bond motifs is 1. The summed E-state index contributed by atoms with van der Waals surface area (Å²) < 4.78 is 0. The van der Waals surface area contributed by atoms with Crippen LogP contribution in [0.15, 0.2) is 29.8 Å². The van der Waals surface area contributed by atoms with Crippen molar-refractivity contribution in [2.24, 2.45) is 0 Å². The number of carboxylic acids is 1. The number of nitrogens with one attached hydrogen (secondary N) is 2. The number of anilines is 1. The van der Waals surface area contributed by atoms with E-state index in [1.54, 1.807) is 17.5 Å². The van der Waals surface area contributed by atoms with E-state index < -0.39 is 5.97 Å². The molecule has 0 saturated heterocycles. The minimum absolute atomic E-state index is 0.0570. The van der Waals surface area contributed by atoms with Gasteiger partial charge in [0, 0.05) is 23.7 Å². The highest BCUT2D eigenvalue weighted by molar-refractivity contribution is 7.13. The summed E-state index contributed by atoms with van der Waals surface area (Å²) in [7, 11) is 0. The van der Waals surface area contributed by atoms with Gasteiger partial charge in [0.2, 0.25) is 5.95 Å². The zero-order chi connectivity index (χ0) is 13.9. The van der Waals surface area contributed by atoms with E-state index in [9.17, 15) is 4.79 Å². The summed E-state index contributed by atoms with van der Waals surface area (Å²) >= 11 is 1.58. The predicted molar refractivity (Wildman–Crippen MR) is 77.9 cm³/mol. The first-order valence-electron chi connectivity index (χ1n) is 6.08. The van der Waals surface area contributed by atoms with Gasteiger partial charge in [0.25, 0.3) is 0 Å². The molecule has 0 amide bonds. The lowest BCUT2D eigenvalue weighted by atomic mass is 10.2. The first kappa shape index (κ1) is 12.6. The van der Waals surface area contributed by atoms with Crippen LogP contribution in [0.4, 0.5) is 5.95 Å². The molecule has 0 bridgehead atoms. The number of aliphatic carboxylic acids is 1. The van der Waals surface area contributed by atoms with E-state index in [2.05, 4.69) is 20.3 Å². The predicted octanol–water partition coefficient (Wildman–Crippen LogP) is 2.57. The van der Waals surface area contributed by atoms with Crippen LogP contribution in [0.2, 0.25) is 0 Å². The molecule has 0 radical (unpaired) electrons. The molecule has 0 atom stereocenters. The molecule has 3 aromatic rings. The molecule has 0 fully saturated rings. The van der Waals surface area contributed by atoms with Crippen LogP contribution in [0.5, 0.6) is 0 Å². The number of nitrogens with zero attached hydrogens (tertiary/aromatic N) is 2. The van der Waals surface area contributed by atoms with Crippen molar-refractivity contribution in [3.63, 3.8) is 0 Å². The molecule has 0 aliphatic rings. The molecule has 2 heterocycles. The highest BCUT2D eigenvalue weighted by Crippen LogP contribution is 2.25. The Morgan fingerprint density at radius 2 is 2.35 bits per heavy atom. The summed E-state index contributed by atoms with van der Waals surface area (Å²) in [6, 6.07) is 5.89. The number of hydrogen-bond acceptors (Lipinski definition) is 5. The van der Waals surface area contributed by atoms with Crippen molar-refractivity contribution in [3.05, 3.63) is 29.8 Å². The van der Waals surface area contributed by atoms with E-state index in [1.165, 1.54) is 0 Å². The van der Waals surface area contributed by atoms with Crippen molar-refractivity contribution in [3.8, 4) is 10.6 Å². The zero-order valence-corrected chi connectivity index (χ0v) is 11.3. The molecule has 0 unspecified atom stereocenters. The first-order valence-corrected chi connectivity index (χ1v) is 6.95. The second-order valence-electron chi connectivity index (χ2n) is 4.23. The molecule has 0 aliphatic carbocycles. The van der Waals surface area contributed by atoms with Gasteiger partial charge in [-0.05, 0) is 18.2 Å². The van der Waals surface area contributed by atoms with Gasteiger partial charge in [-0.25, -0.2) is 9.97 Å². The Morgan fingerprint density at radius 3 is 3.10 bits per heavy atom. The molecular formula is C13H12N4O2S. The molecule has 20 heavy (non-hydrogen) atoms. The van der Waals surface area contributed by atoms with Gasteiger partial charge in [0.05, 0.1) is 17.5 Å². The van der Waals surface area contributed by atoms with Crippen LogP contribution in [-0.2, 0) is 4.79 Å². The number of rotatable bonds is 5. The van der Waals surface area contributed by atoms with Gasteiger partial charge in [-0.3, -0.25) is 4.79 Å². The summed E-state index contributed by atoms with van der Waals surface area (Å²) in [6.45, 7) is 0.342. The van der Waals surface area contributed by atoms with Crippen LogP contribution in [0.3, 0.4) is 0 Å². The average molecular weight is 288 g/mol. The Labute approximate surface area is 118 Å². The van der Waals surface area contributed by atoms with Gasteiger partial charge in [-0.2, -0.15) is 0 Å². The SMILES string of the molecule is O=C(O)CCNc1nc2ccc(-c3nccs3)cc2[nH]1. The number of aromatic nitrogens is 3. The van der Waals surface area contributed by atoms with Crippen LogP contribution < -0.4 is 5.32 Å². The summed E-state index contributed by atoms with van der Waals surface area (Å²) in [6.07, 6.45) is 1.83. The van der Waals surface area contributed by atoms with Crippen LogP contribution in [-0.4, -0.2) is 32.6 Å². The molecule has 7 heteroatoms. The second-order valence-corrected chi connectivity index (χ2v) is 5.12. The maximum absolute atomic E-state index is 10.5. The molecule has 3 N–H and O–H groups in total. The van der Waals surface area contributed by atoms with E-state index in [4.69, 9.17) is 5.11 Å². The minimum atomic E-state index is -0.834. The molecule has 0 aliphatic heterocycles. The Kier molecular flexibility index (Phi) is 3.34. The van der Waals surface area contributed by atoms with Crippen molar-refractivity contribution in [2.75, 3.05) is 11.9 Å². The standard InChI is InChI=1S/C13H12N4O2S/c18-11(19)3-4-15-13-16-9-2-1-8(7-10(9)17-13)12-14-5-6-20-12/h1-2,5-7H,3-4H2,(H,18,19)(H2,15,16,17). The van der Waals surface area contributed by atoms with Crippen LogP contribution in [0, 0.1) is 0 Å². The molecule has 0 spiro atoms. The van der Waals surface area contributed by atoms with E-state index in [-0.39, 0.29) is 6.42 Å². The van der Waals surface area contributed by atoms with Crippen molar-refractivity contribution in [1.29, 1.82) is 0 Å². The minimum Gasteiger partial charge on any atom is -0.481 e. The normalized spacial score (nSPS) is 10.8. The number of carboxylic acid groups (broad SMARTS) is 1. The van der Waals surface area contributed by atoms with Crippen molar-refractivity contribution >= 4 is 34.3 Å². The van der Waals surface area contributed by atoms with E-state index in [0.717, 1.165) is 21.6 Å². The number of thiazole rings is 1. The lowest BCUT2D eigenvalue weighted by Crippen LogP contribution is -2.08. The van der Waals surface area contributed by atoms with Gasteiger partial charge in [0.15, 0.2) is 0 Å². The van der Waals surface area contributed by atoms with Crippen molar-refractivity contribution in [1.82, 2.24) is 15.0 Å². The summed E-state index contributed by atoms with van der Waals surface area (Å²) in [5.74, 6) is -0.253. The number of hydrogen-bond donors (Lipinski definition) is 3. The summed E-state index contributed by atoms with van der Waals surface area (Å²) in [4.78, 5) is 22.2.